The van der Waals surface area contributed by atoms with Gasteiger partial charge in [-0.25, -0.2) is 4.39 Å². The van der Waals surface area contributed by atoms with Gasteiger partial charge in [-0.05, 0) is 49.6 Å². The van der Waals surface area contributed by atoms with Crippen molar-refractivity contribution in [1.82, 2.24) is 5.32 Å². The minimum atomic E-state index is -0.327. The summed E-state index contributed by atoms with van der Waals surface area (Å²) in [5, 5.41) is 2.89. The average Bonchev–Trinajstić information content (AvgIpc) is 2.53. The van der Waals surface area contributed by atoms with Gasteiger partial charge in [-0.15, -0.1) is 0 Å². The topological polar surface area (TPSA) is 38.3 Å². The Balaban J connectivity index is 1.68. The Morgan fingerprint density at radius 3 is 2.50 bits per heavy atom. The molecule has 0 radical (unpaired) electrons. The van der Waals surface area contributed by atoms with Crippen LogP contribution in [0.2, 0.25) is 0 Å². The van der Waals surface area contributed by atoms with Gasteiger partial charge in [-0.2, -0.15) is 0 Å². The van der Waals surface area contributed by atoms with Crippen LogP contribution < -0.4 is 10.1 Å². The lowest BCUT2D eigenvalue weighted by molar-refractivity contribution is -0.123. The minimum absolute atomic E-state index is 0.0681. The van der Waals surface area contributed by atoms with Gasteiger partial charge in [0.1, 0.15) is 11.6 Å². The molecule has 116 valence electrons. The third-order valence-electron chi connectivity index (χ3n) is 3.30. The van der Waals surface area contributed by atoms with E-state index < -0.39 is 0 Å². The lowest BCUT2D eigenvalue weighted by Gasteiger charge is -2.14. The molecule has 1 N–H and O–H groups in total. The number of carbonyl (C=O) groups is 1. The molecule has 0 heterocycles. The van der Waals surface area contributed by atoms with Gasteiger partial charge < -0.3 is 10.1 Å². The molecule has 0 bridgehead atoms. The Labute approximate surface area is 130 Å². The summed E-state index contributed by atoms with van der Waals surface area (Å²) in [5.41, 5.74) is 1.26. The van der Waals surface area contributed by atoms with Crippen molar-refractivity contribution in [2.75, 3.05) is 6.61 Å². The first-order valence-electron chi connectivity index (χ1n) is 7.35. The summed E-state index contributed by atoms with van der Waals surface area (Å²) < 4.78 is 18.1. The molecule has 1 atom stereocenters. The summed E-state index contributed by atoms with van der Waals surface area (Å²) in [7, 11) is 0. The molecule has 2 aromatic carbocycles. The van der Waals surface area contributed by atoms with Crippen LogP contribution >= 0.6 is 0 Å². The van der Waals surface area contributed by atoms with Crippen LogP contribution in [0, 0.1) is 5.82 Å². The number of benzene rings is 2. The van der Waals surface area contributed by atoms with Crippen molar-refractivity contribution in [3.05, 3.63) is 66.0 Å². The maximum Gasteiger partial charge on any atom is 0.258 e. The Bertz CT molecular complexity index is 584. The van der Waals surface area contributed by atoms with Crippen LogP contribution in [0.1, 0.15) is 18.9 Å². The predicted octanol–water partition coefficient (Wildman–Crippen LogP) is 3.34. The summed E-state index contributed by atoms with van der Waals surface area (Å²) in [6, 6.07) is 15.8. The molecule has 0 unspecified atom stereocenters. The lowest BCUT2D eigenvalue weighted by Crippen LogP contribution is -2.36. The highest BCUT2D eigenvalue weighted by atomic mass is 19.1. The smallest absolute Gasteiger partial charge is 0.258 e. The molecule has 1 amide bonds. The van der Waals surface area contributed by atoms with Crippen LogP contribution in [0.4, 0.5) is 4.39 Å². The molecule has 0 aliphatic carbocycles. The fraction of sp³-hybridized carbons (Fsp3) is 0.278. The monoisotopic (exact) mass is 301 g/mol. The largest absolute Gasteiger partial charge is 0.484 e. The highest BCUT2D eigenvalue weighted by molar-refractivity contribution is 5.77. The van der Waals surface area contributed by atoms with Crippen LogP contribution in [-0.2, 0) is 11.2 Å². The van der Waals surface area contributed by atoms with Gasteiger partial charge in [0.25, 0.3) is 5.91 Å². The van der Waals surface area contributed by atoms with Crippen molar-refractivity contribution in [2.45, 2.75) is 25.8 Å². The van der Waals surface area contributed by atoms with Gasteiger partial charge in [0, 0.05) is 6.04 Å². The first-order valence-corrected chi connectivity index (χ1v) is 7.35. The number of aryl methyl sites for hydroxylation is 1. The Kier molecular flexibility index (Phi) is 5.95. The van der Waals surface area contributed by atoms with E-state index >= 15 is 0 Å². The number of rotatable bonds is 7. The maximum absolute atomic E-state index is 12.7. The lowest BCUT2D eigenvalue weighted by atomic mass is 10.1. The first kappa shape index (κ1) is 16.0. The van der Waals surface area contributed by atoms with Crippen molar-refractivity contribution in [3.8, 4) is 5.75 Å². The second-order valence-electron chi connectivity index (χ2n) is 5.24. The van der Waals surface area contributed by atoms with E-state index in [1.165, 1.54) is 29.8 Å². The van der Waals surface area contributed by atoms with Gasteiger partial charge in [0.05, 0.1) is 0 Å². The van der Waals surface area contributed by atoms with E-state index in [0.29, 0.717) is 5.75 Å². The zero-order chi connectivity index (χ0) is 15.8. The molecular formula is C18H20FNO2. The van der Waals surface area contributed by atoms with Gasteiger partial charge in [0.2, 0.25) is 0 Å². The third kappa shape index (κ3) is 5.56. The number of nitrogens with one attached hydrogen (secondary N) is 1. The summed E-state index contributed by atoms with van der Waals surface area (Å²) in [6.07, 6.45) is 1.79. The third-order valence-corrected chi connectivity index (χ3v) is 3.30. The van der Waals surface area contributed by atoms with E-state index in [0.717, 1.165) is 12.8 Å². The second kappa shape index (κ2) is 8.17. The van der Waals surface area contributed by atoms with E-state index in [4.69, 9.17) is 4.74 Å². The number of amides is 1. The Morgan fingerprint density at radius 1 is 1.14 bits per heavy atom. The molecule has 0 aliphatic heterocycles. The zero-order valence-electron chi connectivity index (χ0n) is 12.6. The molecule has 2 rings (SSSR count). The van der Waals surface area contributed by atoms with E-state index in [-0.39, 0.29) is 24.4 Å². The standard InChI is InChI=1S/C18H20FNO2/c1-14(7-8-15-5-3-2-4-6-15)20-18(21)13-22-17-11-9-16(19)10-12-17/h2-6,9-12,14H,7-8,13H2,1H3,(H,20,21)/t14-/m1/s1. The number of halogens is 1. The average molecular weight is 301 g/mol. The van der Waals surface area contributed by atoms with E-state index in [2.05, 4.69) is 17.4 Å². The Hall–Kier alpha value is -2.36. The molecule has 0 fully saturated rings. The van der Waals surface area contributed by atoms with Crippen LogP contribution in [0.25, 0.3) is 0 Å². The number of hydrogen-bond donors (Lipinski definition) is 1. The van der Waals surface area contributed by atoms with Gasteiger partial charge in [0.15, 0.2) is 6.61 Å². The Morgan fingerprint density at radius 2 is 1.82 bits per heavy atom. The van der Waals surface area contributed by atoms with Gasteiger partial charge in [-0.3, -0.25) is 4.79 Å². The zero-order valence-corrected chi connectivity index (χ0v) is 12.6. The molecule has 3 nitrogen and oxygen atoms in total. The summed E-state index contributed by atoms with van der Waals surface area (Å²) >= 11 is 0. The number of hydrogen-bond acceptors (Lipinski definition) is 2. The second-order valence-corrected chi connectivity index (χ2v) is 5.24. The predicted molar refractivity (Wildman–Crippen MR) is 84.3 cm³/mol. The van der Waals surface area contributed by atoms with Crippen LogP contribution in [0.5, 0.6) is 5.75 Å². The summed E-state index contributed by atoms with van der Waals surface area (Å²) in [6.45, 7) is 1.90. The minimum Gasteiger partial charge on any atom is -0.484 e. The highest BCUT2D eigenvalue weighted by Gasteiger charge is 2.08. The first-order chi connectivity index (χ1) is 10.6. The molecule has 0 aromatic heterocycles. The normalized spacial score (nSPS) is 11.7. The fourth-order valence-corrected chi connectivity index (χ4v) is 2.10. The number of ether oxygens (including phenoxy) is 1. The molecule has 4 heteroatoms. The molecule has 0 saturated heterocycles. The van der Waals surface area contributed by atoms with Crippen molar-refractivity contribution < 1.29 is 13.9 Å². The summed E-state index contributed by atoms with van der Waals surface area (Å²) in [5.74, 6) is -0.0234. The van der Waals surface area contributed by atoms with E-state index in [1.807, 2.05) is 25.1 Å². The van der Waals surface area contributed by atoms with Crippen LogP contribution in [0.15, 0.2) is 54.6 Å². The molecule has 2 aromatic rings. The molecule has 0 spiro atoms. The highest BCUT2D eigenvalue weighted by Crippen LogP contribution is 2.10. The SMILES string of the molecule is C[C@H](CCc1ccccc1)NC(=O)COc1ccc(F)cc1. The van der Waals surface area contributed by atoms with Crippen molar-refractivity contribution in [1.29, 1.82) is 0 Å². The van der Waals surface area contributed by atoms with Crippen LogP contribution in [-0.4, -0.2) is 18.6 Å². The fourth-order valence-electron chi connectivity index (χ4n) is 2.10. The van der Waals surface area contributed by atoms with Gasteiger partial charge in [-0.1, -0.05) is 30.3 Å². The molecular weight excluding hydrogens is 281 g/mol. The van der Waals surface area contributed by atoms with Crippen LogP contribution in [0.3, 0.4) is 0 Å². The van der Waals surface area contributed by atoms with Crippen molar-refractivity contribution in [3.63, 3.8) is 0 Å². The number of carbonyl (C=O) groups excluding carboxylic acids is 1. The van der Waals surface area contributed by atoms with Crippen molar-refractivity contribution >= 4 is 5.91 Å². The summed E-state index contributed by atoms with van der Waals surface area (Å²) in [4.78, 5) is 11.8. The van der Waals surface area contributed by atoms with E-state index in [9.17, 15) is 9.18 Å². The van der Waals surface area contributed by atoms with E-state index in [1.54, 1.807) is 0 Å². The van der Waals surface area contributed by atoms with Gasteiger partial charge >= 0.3 is 0 Å². The quantitative estimate of drug-likeness (QED) is 0.852. The molecule has 0 saturated carbocycles. The van der Waals surface area contributed by atoms with Crippen molar-refractivity contribution in [2.24, 2.45) is 0 Å². The maximum atomic E-state index is 12.7. The molecule has 22 heavy (non-hydrogen) atoms. The molecule has 0 aliphatic rings.